The average Bonchev–Trinajstić information content (AvgIpc) is 2.23. The van der Waals surface area contributed by atoms with Crippen LogP contribution in [-0.2, 0) is 11.2 Å². The molecule has 76 valence electrons. The highest BCUT2D eigenvalue weighted by atomic mass is 19.1. The van der Waals surface area contributed by atoms with Crippen LogP contribution in [0.15, 0.2) is 30.3 Å². The maximum atomic E-state index is 13.5. The molecule has 0 bridgehead atoms. The topological polar surface area (TPSA) is 17.1 Å². The van der Waals surface area contributed by atoms with E-state index in [9.17, 15) is 13.6 Å². The van der Waals surface area contributed by atoms with Gasteiger partial charge in [0, 0.05) is 17.2 Å². The lowest BCUT2D eigenvalue weighted by atomic mass is 10.0. The van der Waals surface area contributed by atoms with Crippen molar-refractivity contribution in [2.24, 2.45) is 0 Å². The fourth-order valence-corrected chi connectivity index (χ4v) is 1.66. The van der Waals surface area contributed by atoms with E-state index in [1.54, 1.807) is 0 Å². The van der Waals surface area contributed by atoms with Crippen molar-refractivity contribution in [3.8, 4) is 0 Å². The Labute approximate surface area is 85.3 Å². The number of carbonyl (C=O) groups is 1. The summed E-state index contributed by atoms with van der Waals surface area (Å²) < 4.78 is 26.8. The number of benzene rings is 2. The van der Waals surface area contributed by atoms with Crippen LogP contribution in [0.2, 0.25) is 0 Å². The van der Waals surface area contributed by atoms with Gasteiger partial charge in [-0.3, -0.25) is 0 Å². The fourth-order valence-electron chi connectivity index (χ4n) is 1.66. The van der Waals surface area contributed by atoms with Gasteiger partial charge in [0.1, 0.15) is 17.9 Å². The van der Waals surface area contributed by atoms with Crippen molar-refractivity contribution >= 4 is 17.1 Å². The summed E-state index contributed by atoms with van der Waals surface area (Å²) in [6.45, 7) is 0. The van der Waals surface area contributed by atoms with Crippen LogP contribution in [0.3, 0.4) is 0 Å². The first kappa shape index (κ1) is 9.77. The van der Waals surface area contributed by atoms with E-state index in [0.29, 0.717) is 11.8 Å². The zero-order valence-corrected chi connectivity index (χ0v) is 7.84. The van der Waals surface area contributed by atoms with Gasteiger partial charge in [0.05, 0.1) is 0 Å². The number of hydrogen-bond acceptors (Lipinski definition) is 1. The van der Waals surface area contributed by atoms with Gasteiger partial charge in [-0.05, 0) is 17.7 Å². The molecule has 0 aliphatic rings. The molecule has 0 heterocycles. The zero-order valence-electron chi connectivity index (χ0n) is 7.84. The first-order valence-electron chi connectivity index (χ1n) is 4.53. The van der Waals surface area contributed by atoms with Gasteiger partial charge in [-0.25, -0.2) is 8.78 Å². The summed E-state index contributed by atoms with van der Waals surface area (Å²) in [7, 11) is 0. The molecule has 3 heteroatoms. The number of aldehydes is 1. The second kappa shape index (κ2) is 3.77. The highest BCUT2D eigenvalue weighted by molar-refractivity contribution is 5.88. The molecule has 0 aliphatic carbocycles. The highest BCUT2D eigenvalue weighted by Gasteiger charge is 2.09. The maximum absolute atomic E-state index is 13.5. The lowest BCUT2D eigenvalue weighted by molar-refractivity contribution is -0.107. The van der Waals surface area contributed by atoms with E-state index in [0.717, 1.165) is 0 Å². The monoisotopic (exact) mass is 206 g/mol. The van der Waals surface area contributed by atoms with Gasteiger partial charge in [0.25, 0.3) is 0 Å². The predicted octanol–water partition coefficient (Wildman–Crippen LogP) is 2.86. The van der Waals surface area contributed by atoms with Gasteiger partial charge in [-0.15, -0.1) is 0 Å². The molecule has 0 unspecified atom stereocenters. The summed E-state index contributed by atoms with van der Waals surface area (Å²) in [4.78, 5) is 10.4. The molecule has 0 saturated heterocycles. The van der Waals surface area contributed by atoms with Gasteiger partial charge >= 0.3 is 0 Å². The smallest absolute Gasteiger partial charge is 0.131 e. The second-order valence-electron chi connectivity index (χ2n) is 3.24. The minimum atomic E-state index is -0.496. The number of hydrogen-bond donors (Lipinski definition) is 0. The van der Waals surface area contributed by atoms with Gasteiger partial charge in [-0.2, -0.15) is 0 Å². The van der Waals surface area contributed by atoms with Crippen LogP contribution in [0.25, 0.3) is 10.8 Å². The number of fused-ring (bicyclic) bond motifs is 1. The lowest BCUT2D eigenvalue weighted by Crippen LogP contribution is -1.93. The first-order valence-corrected chi connectivity index (χ1v) is 4.53. The Balaban J connectivity index is 2.83. The molecule has 0 atom stereocenters. The molecule has 0 spiro atoms. The van der Waals surface area contributed by atoms with E-state index in [2.05, 4.69) is 0 Å². The standard InChI is InChI=1S/C12H8F2O/c13-10-5-4-8(6-7-15)12-9(10)2-1-3-11(12)14/h1-5,7H,6H2. The minimum absolute atomic E-state index is 0.0950. The molecule has 0 aliphatic heterocycles. The molecule has 0 amide bonds. The Kier molecular flexibility index (Phi) is 2.46. The van der Waals surface area contributed by atoms with Crippen LogP contribution in [0.4, 0.5) is 8.78 Å². The number of carbonyl (C=O) groups excluding carboxylic acids is 1. The third-order valence-corrected chi connectivity index (χ3v) is 2.33. The molecule has 0 radical (unpaired) electrons. The summed E-state index contributed by atoms with van der Waals surface area (Å²) in [6.07, 6.45) is 0.775. The van der Waals surface area contributed by atoms with E-state index < -0.39 is 11.6 Å². The van der Waals surface area contributed by atoms with Gasteiger partial charge in [0.2, 0.25) is 0 Å². The van der Waals surface area contributed by atoms with E-state index >= 15 is 0 Å². The summed E-state index contributed by atoms with van der Waals surface area (Å²) in [5.74, 6) is -0.969. The van der Waals surface area contributed by atoms with E-state index in [-0.39, 0.29) is 17.2 Å². The Morgan fingerprint density at radius 2 is 1.87 bits per heavy atom. The van der Waals surface area contributed by atoms with Crippen LogP contribution in [0.5, 0.6) is 0 Å². The Morgan fingerprint density at radius 3 is 2.60 bits per heavy atom. The molecule has 1 nitrogen and oxygen atoms in total. The quantitative estimate of drug-likeness (QED) is 0.690. The molecule has 15 heavy (non-hydrogen) atoms. The van der Waals surface area contributed by atoms with Crippen LogP contribution >= 0.6 is 0 Å². The third kappa shape index (κ3) is 1.61. The number of halogens is 2. The van der Waals surface area contributed by atoms with Crippen molar-refractivity contribution < 1.29 is 13.6 Å². The van der Waals surface area contributed by atoms with Crippen molar-refractivity contribution in [3.63, 3.8) is 0 Å². The average molecular weight is 206 g/mol. The zero-order chi connectivity index (χ0) is 10.8. The largest absolute Gasteiger partial charge is 0.303 e. The van der Waals surface area contributed by atoms with Crippen LogP contribution in [0.1, 0.15) is 5.56 Å². The predicted molar refractivity (Wildman–Crippen MR) is 53.6 cm³/mol. The molecule has 0 saturated carbocycles. The Hall–Kier alpha value is -1.77. The third-order valence-electron chi connectivity index (χ3n) is 2.33. The van der Waals surface area contributed by atoms with Crippen molar-refractivity contribution in [1.29, 1.82) is 0 Å². The second-order valence-corrected chi connectivity index (χ2v) is 3.24. The van der Waals surface area contributed by atoms with E-state index in [1.165, 1.54) is 30.3 Å². The number of rotatable bonds is 2. The first-order chi connectivity index (χ1) is 7.24. The molecule has 0 fully saturated rings. The van der Waals surface area contributed by atoms with Crippen molar-refractivity contribution in [1.82, 2.24) is 0 Å². The summed E-state index contributed by atoms with van der Waals surface area (Å²) in [5.41, 5.74) is 0.513. The van der Waals surface area contributed by atoms with Gasteiger partial charge < -0.3 is 4.79 Å². The van der Waals surface area contributed by atoms with Crippen molar-refractivity contribution in [2.75, 3.05) is 0 Å². The normalized spacial score (nSPS) is 10.5. The summed E-state index contributed by atoms with van der Waals surface area (Å²) >= 11 is 0. The molecular weight excluding hydrogens is 198 g/mol. The van der Waals surface area contributed by atoms with Crippen LogP contribution < -0.4 is 0 Å². The van der Waals surface area contributed by atoms with Crippen LogP contribution in [0, 0.1) is 11.6 Å². The molecule has 2 rings (SSSR count). The molecule has 0 aromatic heterocycles. The summed E-state index contributed by atoms with van der Waals surface area (Å²) in [6, 6.07) is 6.90. The van der Waals surface area contributed by atoms with Crippen molar-refractivity contribution in [2.45, 2.75) is 6.42 Å². The van der Waals surface area contributed by atoms with Gasteiger partial charge in [-0.1, -0.05) is 18.2 Å². The van der Waals surface area contributed by atoms with Gasteiger partial charge in [0.15, 0.2) is 0 Å². The molecule has 2 aromatic rings. The Bertz CT molecular complexity index is 520. The molecular formula is C12H8F2O. The minimum Gasteiger partial charge on any atom is -0.303 e. The fraction of sp³-hybridized carbons (Fsp3) is 0.0833. The SMILES string of the molecule is O=CCc1ccc(F)c2cccc(F)c12. The summed E-state index contributed by atoms with van der Waals surface area (Å²) in [5, 5.41) is 0.416. The maximum Gasteiger partial charge on any atom is 0.131 e. The Morgan fingerprint density at radius 1 is 1.07 bits per heavy atom. The molecule has 2 aromatic carbocycles. The highest BCUT2D eigenvalue weighted by Crippen LogP contribution is 2.24. The van der Waals surface area contributed by atoms with Crippen molar-refractivity contribution in [3.05, 3.63) is 47.5 Å². The molecule has 0 N–H and O–H groups in total. The van der Waals surface area contributed by atoms with Crippen LogP contribution in [-0.4, -0.2) is 6.29 Å². The van der Waals surface area contributed by atoms with E-state index in [1.807, 2.05) is 0 Å². The van der Waals surface area contributed by atoms with E-state index in [4.69, 9.17) is 0 Å². The lowest BCUT2D eigenvalue weighted by Gasteiger charge is -2.05.